The highest BCUT2D eigenvalue weighted by Crippen LogP contribution is 2.26. The average Bonchev–Trinajstić information content (AvgIpc) is 2.38. The molecule has 0 saturated heterocycles. The second-order valence-corrected chi connectivity index (χ2v) is 6.08. The molecule has 19 heavy (non-hydrogen) atoms. The topological polar surface area (TPSA) is 47.3 Å². The highest BCUT2D eigenvalue weighted by molar-refractivity contribution is 5.29. The first-order valence-corrected chi connectivity index (χ1v) is 7.03. The molecule has 3 heteroatoms. The van der Waals surface area contributed by atoms with Gasteiger partial charge in [0.25, 0.3) is 0 Å². The van der Waals surface area contributed by atoms with Crippen molar-refractivity contribution in [2.75, 3.05) is 7.11 Å². The molecule has 0 aliphatic heterocycles. The molecule has 1 aromatic rings. The second kappa shape index (κ2) is 7.04. The van der Waals surface area contributed by atoms with Crippen molar-refractivity contribution in [1.29, 1.82) is 0 Å². The summed E-state index contributed by atoms with van der Waals surface area (Å²) in [5, 5.41) is 0. The fraction of sp³-hybridized carbons (Fsp3) is 0.625. The Kier molecular flexibility index (Phi) is 5.98. The van der Waals surface area contributed by atoms with Crippen LogP contribution in [0.3, 0.4) is 0 Å². The zero-order valence-corrected chi connectivity index (χ0v) is 12.9. The lowest BCUT2D eigenvalue weighted by Gasteiger charge is -2.26. The lowest BCUT2D eigenvalue weighted by Crippen LogP contribution is -2.37. The van der Waals surface area contributed by atoms with E-state index in [1.165, 1.54) is 11.1 Å². The Morgan fingerprint density at radius 3 is 2.16 bits per heavy atom. The quantitative estimate of drug-likeness (QED) is 0.612. The van der Waals surface area contributed by atoms with Crippen molar-refractivity contribution in [1.82, 2.24) is 5.43 Å². The Bertz CT molecular complexity index is 367. The molecule has 2 atom stereocenters. The van der Waals surface area contributed by atoms with Gasteiger partial charge in [0, 0.05) is 7.11 Å². The smallest absolute Gasteiger partial charge is 0.0778 e. The van der Waals surface area contributed by atoms with E-state index in [0.717, 1.165) is 12.8 Å². The van der Waals surface area contributed by atoms with Crippen molar-refractivity contribution in [2.24, 2.45) is 5.84 Å². The van der Waals surface area contributed by atoms with Gasteiger partial charge in [-0.1, -0.05) is 58.4 Å². The van der Waals surface area contributed by atoms with E-state index in [1.54, 1.807) is 7.11 Å². The molecule has 0 amide bonds. The lowest BCUT2D eigenvalue weighted by atomic mass is 9.86. The Morgan fingerprint density at radius 2 is 1.79 bits per heavy atom. The molecular weight excluding hydrogens is 236 g/mol. The molecule has 0 aliphatic rings. The van der Waals surface area contributed by atoms with Crippen LogP contribution >= 0.6 is 0 Å². The van der Waals surface area contributed by atoms with Crippen LogP contribution in [-0.4, -0.2) is 13.2 Å². The summed E-state index contributed by atoms with van der Waals surface area (Å²) in [7, 11) is 1.74. The van der Waals surface area contributed by atoms with Crippen LogP contribution in [0.2, 0.25) is 0 Å². The van der Waals surface area contributed by atoms with Crippen LogP contribution < -0.4 is 11.3 Å². The minimum atomic E-state index is 0.0407. The minimum absolute atomic E-state index is 0.0407. The van der Waals surface area contributed by atoms with Crippen LogP contribution in [0.4, 0.5) is 0 Å². The second-order valence-electron chi connectivity index (χ2n) is 6.08. The normalized spacial score (nSPS) is 15.3. The van der Waals surface area contributed by atoms with Crippen LogP contribution in [0.25, 0.3) is 0 Å². The third-order valence-electron chi connectivity index (χ3n) is 3.56. The first-order valence-electron chi connectivity index (χ1n) is 7.03. The zero-order chi connectivity index (χ0) is 14.5. The van der Waals surface area contributed by atoms with Gasteiger partial charge in [0.2, 0.25) is 0 Å². The molecule has 3 nitrogen and oxygen atoms in total. The van der Waals surface area contributed by atoms with Gasteiger partial charge in [-0.2, -0.15) is 0 Å². The molecule has 108 valence electrons. The molecule has 0 aromatic heterocycles. The van der Waals surface area contributed by atoms with E-state index in [0.29, 0.717) is 0 Å². The SMILES string of the molecule is CCCC(OC)C(NN)c1ccc(C(C)(C)C)cc1. The van der Waals surface area contributed by atoms with E-state index in [1.807, 2.05) is 0 Å². The third kappa shape index (κ3) is 4.30. The van der Waals surface area contributed by atoms with E-state index in [9.17, 15) is 0 Å². The number of nitrogens with two attached hydrogens (primary N) is 1. The molecule has 3 N–H and O–H groups in total. The van der Waals surface area contributed by atoms with Crippen molar-refractivity contribution < 1.29 is 4.74 Å². The molecular formula is C16H28N2O. The standard InChI is InChI=1S/C16H28N2O/c1-6-7-14(19-5)15(18-17)12-8-10-13(11-9-12)16(2,3)4/h8-11,14-15,18H,6-7,17H2,1-5H3. The summed E-state index contributed by atoms with van der Waals surface area (Å²) in [6.07, 6.45) is 2.18. The Hall–Kier alpha value is -0.900. The highest BCUT2D eigenvalue weighted by atomic mass is 16.5. The number of ether oxygens (including phenoxy) is 1. The monoisotopic (exact) mass is 264 g/mol. The molecule has 0 saturated carbocycles. The van der Waals surface area contributed by atoms with Crippen molar-refractivity contribution in [3.05, 3.63) is 35.4 Å². The number of methoxy groups -OCH3 is 1. The minimum Gasteiger partial charge on any atom is -0.379 e. The van der Waals surface area contributed by atoms with E-state index in [2.05, 4.69) is 57.4 Å². The van der Waals surface area contributed by atoms with Gasteiger partial charge < -0.3 is 4.74 Å². The predicted molar refractivity (Wildman–Crippen MR) is 80.9 cm³/mol. The van der Waals surface area contributed by atoms with Crippen molar-refractivity contribution in [3.8, 4) is 0 Å². The molecule has 0 spiro atoms. The maximum atomic E-state index is 5.71. The molecule has 0 radical (unpaired) electrons. The molecule has 1 rings (SSSR count). The van der Waals surface area contributed by atoms with E-state index < -0.39 is 0 Å². The van der Waals surface area contributed by atoms with Crippen molar-refractivity contribution in [2.45, 2.75) is 58.1 Å². The summed E-state index contributed by atoms with van der Waals surface area (Å²) in [5.74, 6) is 5.71. The van der Waals surface area contributed by atoms with Crippen molar-refractivity contribution >= 4 is 0 Å². The number of hydrogen-bond donors (Lipinski definition) is 2. The maximum absolute atomic E-state index is 5.71. The van der Waals surface area contributed by atoms with Crippen LogP contribution in [0.15, 0.2) is 24.3 Å². The van der Waals surface area contributed by atoms with Crippen LogP contribution in [0.5, 0.6) is 0 Å². The third-order valence-corrected chi connectivity index (χ3v) is 3.56. The predicted octanol–water partition coefficient (Wildman–Crippen LogP) is 3.30. The zero-order valence-electron chi connectivity index (χ0n) is 12.9. The van der Waals surface area contributed by atoms with Gasteiger partial charge in [-0.25, -0.2) is 0 Å². The molecule has 0 heterocycles. The maximum Gasteiger partial charge on any atom is 0.0778 e. The fourth-order valence-corrected chi connectivity index (χ4v) is 2.31. The Balaban J connectivity index is 2.93. The van der Waals surface area contributed by atoms with E-state index in [-0.39, 0.29) is 17.6 Å². The van der Waals surface area contributed by atoms with E-state index in [4.69, 9.17) is 10.6 Å². The summed E-state index contributed by atoms with van der Waals surface area (Å²) in [6, 6.07) is 8.69. The number of hydrogen-bond acceptors (Lipinski definition) is 3. The summed E-state index contributed by atoms with van der Waals surface area (Å²) in [4.78, 5) is 0. The van der Waals surface area contributed by atoms with Gasteiger partial charge in [0.05, 0.1) is 12.1 Å². The van der Waals surface area contributed by atoms with Crippen LogP contribution in [-0.2, 0) is 10.2 Å². The summed E-state index contributed by atoms with van der Waals surface area (Å²) in [6.45, 7) is 8.81. The van der Waals surface area contributed by atoms with Gasteiger partial charge in [-0.15, -0.1) is 0 Å². The van der Waals surface area contributed by atoms with Crippen LogP contribution in [0, 0.1) is 0 Å². The number of nitrogens with one attached hydrogen (secondary N) is 1. The van der Waals surface area contributed by atoms with Gasteiger partial charge in [-0.05, 0) is 23.0 Å². The number of rotatable bonds is 6. The molecule has 1 aromatic carbocycles. The van der Waals surface area contributed by atoms with Crippen LogP contribution in [0.1, 0.15) is 57.7 Å². The van der Waals surface area contributed by atoms with Gasteiger partial charge >= 0.3 is 0 Å². The number of hydrazine groups is 1. The summed E-state index contributed by atoms with van der Waals surface area (Å²) in [5.41, 5.74) is 5.57. The van der Waals surface area contributed by atoms with Gasteiger partial charge in [0.1, 0.15) is 0 Å². The van der Waals surface area contributed by atoms with Gasteiger partial charge in [0.15, 0.2) is 0 Å². The molecule has 0 aliphatic carbocycles. The largest absolute Gasteiger partial charge is 0.379 e. The first kappa shape index (κ1) is 16.2. The molecule has 0 bridgehead atoms. The Morgan fingerprint density at radius 1 is 1.21 bits per heavy atom. The Labute approximate surface area is 117 Å². The van der Waals surface area contributed by atoms with Gasteiger partial charge in [-0.3, -0.25) is 11.3 Å². The van der Waals surface area contributed by atoms with Crippen molar-refractivity contribution in [3.63, 3.8) is 0 Å². The first-order chi connectivity index (χ1) is 8.93. The summed E-state index contributed by atoms with van der Waals surface area (Å²) >= 11 is 0. The molecule has 2 unspecified atom stereocenters. The average molecular weight is 264 g/mol. The van der Waals surface area contributed by atoms with E-state index >= 15 is 0 Å². The lowest BCUT2D eigenvalue weighted by molar-refractivity contribution is 0.0606. The molecule has 0 fully saturated rings. The highest BCUT2D eigenvalue weighted by Gasteiger charge is 2.22. The number of benzene rings is 1. The fourth-order valence-electron chi connectivity index (χ4n) is 2.31. The summed E-state index contributed by atoms with van der Waals surface area (Å²) < 4.78 is 5.55.